The molecule has 1 amide bonds. The number of hydrogen-bond acceptors (Lipinski definition) is 3. The number of amides is 1. The first-order valence-corrected chi connectivity index (χ1v) is 6.36. The third-order valence-corrected chi connectivity index (χ3v) is 4.01. The Bertz CT molecular complexity index is 243. The number of carbonyl (C=O) groups excluding carboxylic acids is 1. The van der Waals surface area contributed by atoms with E-state index in [0.717, 1.165) is 25.7 Å². The lowest BCUT2D eigenvalue weighted by Crippen LogP contribution is -2.51. The van der Waals surface area contributed by atoms with Crippen molar-refractivity contribution in [3.63, 3.8) is 0 Å². The molecule has 2 aliphatic rings. The van der Waals surface area contributed by atoms with Crippen LogP contribution in [0.4, 0.5) is 0 Å². The van der Waals surface area contributed by atoms with Crippen molar-refractivity contribution >= 4 is 5.91 Å². The van der Waals surface area contributed by atoms with Gasteiger partial charge in [-0.3, -0.25) is 4.79 Å². The predicted molar refractivity (Wildman–Crippen MR) is 61.9 cm³/mol. The van der Waals surface area contributed by atoms with Crippen LogP contribution in [0.5, 0.6) is 0 Å². The first-order chi connectivity index (χ1) is 7.77. The van der Waals surface area contributed by atoms with E-state index in [1.165, 1.54) is 12.8 Å². The molecule has 4 nitrogen and oxygen atoms in total. The fourth-order valence-corrected chi connectivity index (χ4v) is 2.69. The molecular formula is C12H22N2O2. The molecule has 92 valence electrons. The molecule has 1 aliphatic carbocycles. The van der Waals surface area contributed by atoms with Gasteiger partial charge in [0, 0.05) is 25.8 Å². The zero-order chi connectivity index (χ0) is 11.4. The molecule has 1 heterocycles. The maximum absolute atomic E-state index is 12.3. The Labute approximate surface area is 96.9 Å². The van der Waals surface area contributed by atoms with Crippen molar-refractivity contribution in [3.05, 3.63) is 0 Å². The van der Waals surface area contributed by atoms with Crippen LogP contribution in [0.25, 0.3) is 0 Å². The molecule has 0 atom stereocenters. The van der Waals surface area contributed by atoms with Gasteiger partial charge >= 0.3 is 0 Å². The molecule has 16 heavy (non-hydrogen) atoms. The maximum atomic E-state index is 12.3. The highest BCUT2D eigenvalue weighted by atomic mass is 16.5. The maximum Gasteiger partial charge on any atom is 0.227 e. The predicted octanol–water partition coefficient (Wildman–Crippen LogP) is 0.801. The summed E-state index contributed by atoms with van der Waals surface area (Å²) in [7, 11) is 0. The van der Waals surface area contributed by atoms with E-state index in [2.05, 4.69) is 5.32 Å². The number of ether oxygens (including phenoxy) is 1. The summed E-state index contributed by atoms with van der Waals surface area (Å²) in [4.78, 5) is 12.3. The Morgan fingerprint density at radius 3 is 2.50 bits per heavy atom. The highest BCUT2D eigenvalue weighted by Crippen LogP contribution is 2.30. The molecule has 0 aromatic carbocycles. The summed E-state index contributed by atoms with van der Waals surface area (Å²) < 4.78 is 5.31. The lowest BCUT2D eigenvalue weighted by atomic mass is 9.79. The fraction of sp³-hybridized carbons (Fsp3) is 0.917. The number of nitrogens with one attached hydrogen (secondary N) is 1. The normalized spacial score (nSPS) is 25.6. The summed E-state index contributed by atoms with van der Waals surface area (Å²) in [6.45, 7) is 1.76. The molecule has 0 radical (unpaired) electrons. The minimum atomic E-state index is -0.360. The first kappa shape index (κ1) is 11.9. The van der Waals surface area contributed by atoms with Gasteiger partial charge in [0.2, 0.25) is 5.91 Å². The van der Waals surface area contributed by atoms with Gasteiger partial charge in [0.1, 0.15) is 0 Å². The van der Waals surface area contributed by atoms with Crippen LogP contribution in [0.2, 0.25) is 0 Å². The summed E-state index contributed by atoms with van der Waals surface area (Å²) in [5.41, 5.74) is 5.44. The van der Waals surface area contributed by atoms with Crippen LogP contribution in [-0.4, -0.2) is 31.7 Å². The van der Waals surface area contributed by atoms with E-state index in [-0.39, 0.29) is 11.3 Å². The highest BCUT2D eigenvalue weighted by molar-refractivity contribution is 5.83. The van der Waals surface area contributed by atoms with Crippen molar-refractivity contribution < 1.29 is 9.53 Å². The Hall–Kier alpha value is -0.610. The van der Waals surface area contributed by atoms with Gasteiger partial charge in [0.15, 0.2) is 0 Å². The van der Waals surface area contributed by atoms with E-state index in [1.54, 1.807) is 0 Å². The lowest BCUT2D eigenvalue weighted by Gasteiger charge is -2.35. The number of rotatable bonds is 3. The van der Waals surface area contributed by atoms with Gasteiger partial charge in [-0.2, -0.15) is 0 Å². The van der Waals surface area contributed by atoms with Crippen LogP contribution < -0.4 is 11.1 Å². The van der Waals surface area contributed by atoms with Gasteiger partial charge in [0.05, 0.1) is 5.41 Å². The van der Waals surface area contributed by atoms with Gasteiger partial charge in [-0.1, -0.05) is 12.8 Å². The average Bonchev–Trinajstić information content (AvgIpc) is 2.82. The minimum Gasteiger partial charge on any atom is -0.381 e. The molecule has 0 spiro atoms. The van der Waals surface area contributed by atoms with Crippen LogP contribution in [-0.2, 0) is 9.53 Å². The van der Waals surface area contributed by atoms with E-state index in [9.17, 15) is 4.79 Å². The molecule has 0 unspecified atom stereocenters. The Morgan fingerprint density at radius 1 is 1.31 bits per heavy atom. The second-order valence-corrected chi connectivity index (χ2v) is 5.05. The van der Waals surface area contributed by atoms with Crippen molar-refractivity contribution in [2.24, 2.45) is 11.1 Å². The highest BCUT2D eigenvalue weighted by Gasteiger charge is 2.39. The van der Waals surface area contributed by atoms with E-state index in [1.807, 2.05) is 0 Å². The van der Waals surface area contributed by atoms with Crippen molar-refractivity contribution in [1.82, 2.24) is 5.32 Å². The van der Waals surface area contributed by atoms with E-state index in [4.69, 9.17) is 10.5 Å². The first-order valence-electron chi connectivity index (χ1n) is 6.36. The van der Waals surface area contributed by atoms with Crippen LogP contribution in [0, 0.1) is 5.41 Å². The van der Waals surface area contributed by atoms with Crippen molar-refractivity contribution in [2.45, 2.75) is 44.6 Å². The number of carbonyl (C=O) groups is 1. The van der Waals surface area contributed by atoms with Gasteiger partial charge in [-0.15, -0.1) is 0 Å². The smallest absolute Gasteiger partial charge is 0.227 e. The third kappa shape index (κ3) is 2.38. The molecule has 4 heteroatoms. The van der Waals surface area contributed by atoms with Crippen LogP contribution >= 0.6 is 0 Å². The van der Waals surface area contributed by atoms with Crippen LogP contribution in [0.1, 0.15) is 38.5 Å². The number of nitrogens with two attached hydrogens (primary N) is 1. The topological polar surface area (TPSA) is 64.4 Å². The minimum absolute atomic E-state index is 0.158. The van der Waals surface area contributed by atoms with Gasteiger partial charge in [0.25, 0.3) is 0 Å². The molecule has 1 saturated heterocycles. The van der Waals surface area contributed by atoms with Crippen molar-refractivity contribution in [3.8, 4) is 0 Å². The van der Waals surface area contributed by atoms with E-state index >= 15 is 0 Å². The summed E-state index contributed by atoms with van der Waals surface area (Å²) in [5.74, 6) is 0.158. The average molecular weight is 226 g/mol. The Balaban J connectivity index is 1.94. The standard InChI is InChI=1S/C12H22N2O2/c13-9-12(5-7-16-8-6-12)11(15)14-10-3-1-2-4-10/h10H,1-9,13H2,(H,14,15). The molecular weight excluding hydrogens is 204 g/mol. The van der Waals surface area contributed by atoms with Gasteiger partial charge in [-0.25, -0.2) is 0 Å². The van der Waals surface area contributed by atoms with Crippen molar-refractivity contribution in [2.75, 3.05) is 19.8 Å². The molecule has 2 fully saturated rings. The monoisotopic (exact) mass is 226 g/mol. The fourth-order valence-electron chi connectivity index (χ4n) is 2.69. The third-order valence-electron chi connectivity index (χ3n) is 4.01. The molecule has 1 aliphatic heterocycles. The zero-order valence-electron chi connectivity index (χ0n) is 9.84. The molecule has 3 N–H and O–H groups in total. The molecule has 0 aromatic rings. The van der Waals surface area contributed by atoms with Gasteiger partial charge < -0.3 is 15.8 Å². The molecule has 0 bridgehead atoms. The molecule has 0 aromatic heterocycles. The summed E-state index contributed by atoms with van der Waals surface area (Å²) in [6, 6.07) is 0.388. The largest absolute Gasteiger partial charge is 0.381 e. The summed E-state index contributed by atoms with van der Waals surface area (Å²) in [5, 5.41) is 3.17. The second-order valence-electron chi connectivity index (χ2n) is 5.05. The molecule has 2 rings (SSSR count). The molecule has 1 saturated carbocycles. The van der Waals surface area contributed by atoms with Crippen molar-refractivity contribution in [1.29, 1.82) is 0 Å². The summed E-state index contributed by atoms with van der Waals surface area (Å²) in [6.07, 6.45) is 6.27. The van der Waals surface area contributed by atoms with Gasteiger partial charge in [-0.05, 0) is 25.7 Å². The summed E-state index contributed by atoms with van der Waals surface area (Å²) >= 11 is 0. The zero-order valence-corrected chi connectivity index (χ0v) is 9.84. The lowest BCUT2D eigenvalue weighted by molar-refractivity contribution is -0.136. The quantitative estimate of drug-likeness (QED) is 0.748. The Morgan fingerprint density at radius 2 is 1.94 bits per heavy atom. The van der Waals surface area contributed by atoms with Crippen LogP contribution in [0.3, 0.4) is 0 Å². The van der Waals surface area contributed by atoms with Crippen LogP contribution in [0.15, 0.2) is 0 Å². The second kappa shape index (κ2) is 5.15. The van der Waals surface area contributed by atoms with E-state index in [0.29, 0.717) is 25.8 Å². The Kier molecular flexibility index (Phi) is 3.82. The number of hydrogen-bond donors (Lipinski definition) is 2. The van der Waals surface area contributed by atoms with E-state index < -0.39 is 0 Å². The SMILES string of the molecule is NCC1(C(=O)NC2CCCC2)CCOCC1.